The molecule has 0 aromatic carbocycles. The second-order valence-corrected chi connectivity index (χ2v) is 4.20. The maximum Gasteiger partial charge on any atom is 0.112 e. The van der Waals surface area contributed by atoms with E-state index < -0.39 is 0 Å². The van der Waals surface area contributed by atoms with Crippen LogP contribution in [0.2, 0.25) is 0 Å². The molecule has 0 atom stereocenters. The van der Waals surface area contributed by atoms with Gasteiger partial charge in [0.1, 0.15) is 5.01 Å². The number of hydrogen-bond donors (Lipinski definition) is 1. The molecule has 0 aliphatic heterocycles. The number of aromatic nitrogens is 3. The molecule has 0 radical (unpaired) electrons. The molecule has 0 aliphatic rings. The van der Waals surface area contributed by atoms with Crippen LogP contribution in [0.4, 0.5) is 0 Å². The summed E-state index contributed by atoms with van der Waals surface area (Å²) in [6.07, 6.45) is 5.59. The van der Waals surface area contributed by atoms with Crippen LogP contribution in [-0.4, -0.2) is 21.1 Å². The summed E-state index contributed by atoms with van der Waals surface area (Å²) in [6.45, 7) is 4.75. The molecule has 1 N–H and O–H groups in total. The van der Waals surface area contributed by atoms with E-state index in [1.54, 1.807) is 11.3 Å². The van der Waals surface area contributed by atoms with Crippen molar-refractivity contribution in [2.24, 2.45) is 0 Å². The summed E-state index contributed by atoms with van der Waals surface area (Å²) >= 11 is 1.67. The minimum absolute atomic E-state index is 0.818. The molecule has 2 aromatic heterocycles. The molecule has 80 valence electrons. The quantitative estimate of drug-likeness (QED) is 0.833. The van der Waals surface area contributed by atoms with Gasteiger partial charge in [-0.15, -0.1) is 11.3 Å². The summed E-state index contributed by atoms with van der Waals surface area (Å²) in [5.41, 5.74) is 1.20. The summed E-state index contributed by atoms with van der Waals surface area (Å²) in [4.78, 5) is 8.42. The van der Waals surface area contributed by atoms with E-state index in [4.69, 9.17) is 0 Å². The first-order chi connectivity index (χ1) is 7.40. The smallest absolute Gasteiger partial charge is 0.112 e. The Morgan fingerprint density at radius 2 is 2.47 bits per heavy atom. The number of nitrogens with zero attached hydrogens (tertiary/aromatic N) is 3. The Bertz CT molecular complexity index is 393. The van der Waals surface area contributed by atoms with E-state index in [1.807, 2.05) is 24.1 Å². The molecular weight excluding hydrogens is 208 g/mol. The van der Waals surface area contributed by atoms with Crippen LogP contribution in [0.25, 0.3) is 0 Å². The number of hydrogen-bond acceptors (Lipinski definition) is 4. The highest BCUT2D eigenvalue weighted by Gasteiger charge is 2.03. The molecule has 0 fully saturated rings. The van der Waals surface area contributed by atoms with Gasteiger partial charge in [0.2, 0.25) is 0 Å². The Kier molecular flexibility index (Phi) is 3.47. The fourth-order valence-electron chi connectivity index (χ4n) is 1.37. The predicted molar refractivity (Wildman–Crippen MR) is 60.8 cm³/mol. The van der Waals surface area contributed by atoms with E-state index in [1.165, 1.54) is 5.69 Å². The predicted octanol–water partition coefficient (Wildman–Crippen LogP) is 1.50. The number of rotatable bonds is 5. The molecule has 0 saturated heterocycles. The molecule has 4 nitrogen and oxygen atoms in total. The van der Waals surface area contributed by atoms with E-state index in [-0.39, 0.29) is 0 Å². The fraction of sp³-hybridized carbons (Fsp3) is 0.400. The molecular formula is C10H14N4S. The summed E-state index contributed by atoms with van der Waals surface area (Å²) < 4.78 is 2.13. The van der Waals surface area contributed by atoms with Crippen molar-refractivity contribution in [3.8, 4) is 0 Å². The standard InChI is InChI=1S/C10H14N4S/c1-2-11-5-9-6-12-8-14(9)7-10-13-3-4-15-10/h3-4,6,8,11H,2,5,7H2,1H3. The largest absolute Gasteiger partial charge is 0.326 e. The van der Waals surface area contributed by atoms with Crippen molar-refractivity contribution < 1.29 is 0 Å². The van der Waals surface area contributed by atoms with Crippen molar-refractivity contribution in [2.45, 2.75) is 20.0 Å². The third-order valence-electron chi connectivity index (χ3n) is 2.14. The van der Waals surface area contributed by atoms with Crippen LogP contribution in [0.3, 0.4) is 0 Å². The van der Waals surface area contributed by atoms with Crippen molar-refractivity contribution in [3.63, 3.8) is 0 Å². The highest BCUT2D eigenvalue weighted by molar-refractivity contribution is 7.09. The Balaban J connectivity index is 2.04. The Morgan fingerprint density at radius 3 is 3.20 bits per heavy atom. The highest BCUT2D eigenvalue weighted by Crippen LogP contribution is 2.08. The zero-order valence-corrected chi connectivity index (χ0v) is 9.50. The van der Waals surface area contributed by atoms with Crippen molar-refractivity contribution >= 4 is 11.3 Å². The lowest BCUT2D eigenvalue weighted by Gasteiger charge is -2.06. The summed E-state index contributed by atoms with van der Waals surface area (Å²) in [7, 11) is 0. The first kappa shape index (κ1) is 10.3. The zero-order chi connectivity index (χ0) is 10.5. The van der Waals surface area contributed by atoms with Gasteiger partial charge in [0.25, 0.3) is 0 Å². The van der Waals surface area contributed by atoms with Gasteiger partial charge in [0.05, 0.1) is 18.6 Å². The van der Waals surface area contributed by atoms with Crippen LogP contribution in [0, 0.1) is 0 Å². The van der Waals surface area contributed by atoms with Crippen LogP contribution >= 0.6 is 11.3 Å². The Labute approximate surface area is 93.0 Å². The summed E-state index contributed by atoms with van der Waals surface area (Å²) in [6, 6.07) is 0. The lowest BCUT2D eigenvalue weighted by atomic mass is 10.4. The van der Waals surface area contributed by atoms with Crippen LogP contribution < -0.4 is 5.32 Å². The monoisotopic (exact) mass is 222 g/mol. The normalized spacial score (nSPS) is 10.7. The van der Waals surface area contributed by atoms with Crippen LogP contribution in [0.5, 0.6) is 0 Å². The minimum atomic E-state index is 0.818. The van der Waals surface area contributed by atoms with Gasteiger partial charge in [-0.2, -0.15) is 0 Å². The van der Waals surface area contributed by atoms with Crippen molar-refractivity contribution in [3.05, 3.63) is 34.8 Å². The maximum atomic E-state index is 4.26. The molecule has 0 aliphatic carbocycles. The molecule has 5 heteroatoms. The Morgan fingerprint density at radius 1 is 1.53 bits per heavy atom. The maximum absolute atomic E-state index is 4.26. The number of imidazole rings is 1. The molecule has 0 bridgehead atoms. The second kappa shape index (κ2) is 5.04. The molecule has 0 spiro atoms. The van der Waals surface area contributed by atoms with Gasteiger partial charge in [-0.3, -0.25) is 0 Å². The van der Waals surface area contributed by atoms with Crippen LogP contribution in [0.1, 0.15) is 17.6 Å². The van der Waals surface area contributed by atoms with E-state index in [0.29, 0.717) is 0 Å². The van der Waals surface area contributed by atoms with Crippen molar-refractivity contribution in [1.29, 1.82) is 0 Å². The average molecular weight is 222 g/mol. The van der Waals surface area contributed by atoms with E-state index in [9.17, 15) is 0 Å². The van der Waals surface area contributed by atoms with Gasteiger partial charge in [0.15, 0.2) is 0 Å². The zero-order valence-electron chi connectivity index (χ0n) is 8.68. The second-order valence-electron chi connectivity index (χ2n) is 3.22. The van der Waals surface area contributed by atoms with E-state index >= 15 is 0 Å². The lowest BCUT2D eigenvalue weighted by Crippen LogP contribution is -2.15. The first-order valence-corrected chi connectivity index (χ1v) is 5.86. The van der Waals surface area contributed by atoms with Crippen molar-refractivity contribution in [1.82, 2.24) is 19.9 Å². The molecule has 0 saturated carbocycles. The van der Waals surface area contributed by atoms with Gasteiger partial charge in [-0.25, -0.2) is 9.97 Å². The molecule has 15 heavy (non-hydrogen) atoms. The van der Waals surface area contributed by atoms with Gasteiger partial charge >= 0.3 is 0 Å². The average Bonchev–Trinajstić information content (AvgIpc) is 2.87. The topological polar surface area (TPSA) is 42.7 Å². The van der Waals surface area contributed by atoms with Gasteiger partial charge in [-0.1, -0.05) is 6.92 Å². The van der Waals surface area contributed by atoms with E-state index in [0.717, 1.165) is 24.6 Å². The summed E-state index contributed by atoms with van der Waals surface area (Å²) in [5, 5.41) is 6.41. The molecule has 2 heterocycles. The van der Waals surface area contributed by atoms with Crippen LogP contribution in [0.15, 0.2) is 24.1 Å². The van der Waals surface area contributed by atoms with Gasteiger partial charge < -0.3 is 9.88 Å². The number of nitrogens with one attached hydrogen (secondary N) is 1. The first-order valence-electron chi connectivity index (χ1n) is 4.98. The third-order valence-corrected chi connectivity index (χ3v) is 2.91. The molecule has 0 unspecified atom stereocenters. The number of thiazole rings is 1. The highest BCUT2D eigenvalue weighted by atomic mass is 32.1. The fourth-order valence-corrected chi connectivity index (χ4v) is 1.98. The van der Waals surface area contributed by atoms with Crippen molar-refractivity contribution in [2.75, 3.05) is 6.54 Å². The molecule has 2 aromatic rings. The lowest BCUT2D eigenvalue weighted by molar-refractivity contribution is 0.655. The van der Waals surface area contributed by atoms with Crippen LogP contribution in [-0.2, 0) is 13.1 Å². The third kappa shape index (κ3) is 2.64. The SMILES string of the molecule is CCNCc1cncn1Cc1nccs1. The molecule has 2 rings (SSSR count). The molecule has 0 amide bonds. The minimum Gasteiger partial charge on any atom is -0.326 e. The van der Waals surface area contributed by atoms with Gasteiger partial charge in [0, 0.05) is 24.3 Å². The van der Waals surface area contributed by atoms with E-state index in [2.05, 4.69) is 26.8 Å². The Hall–Kier alpha value is -1.20. The van der Waals surface area contributed by atoms with Gasteiger partial charge in [-0.05, 0) is 6.54 Å². The summed E-state index contributed by atoms with van der Waals surface area (Å²) in [5.74, 6) is 0.